The lowest BCUT2D eigenvalue weighted by Gasteiger charge is -2.12. The summed E-state index contributed by atoms with van der Waals surface area (Å²) in [6, 6.07) is 14.4. The lowest BCUT2D eigenvalue weighted by Crippen LogP contribution is -2.36. The Balaban J connectivity index is 0.00000364. The first-order valence-electron chi connectivity index (χ1n) is 8.68. The van der Waals surface area contributed by atoms with Crippen molar-refractivity contribution in [3.05, 3.63) is 65.5 Å². The molecule has 0 unspecified atom stereocenters. The Labute approximate surface area is 177 Å². The van der Waals surface area contributed by atoms with Gasteiger partial charge in [0.05, 0.1) is 13.2 Å². The molecule has 27 heavy (non-hydrogen) atoms. The van der Waals surface area contributed by atoms with Crippen molar-refractivity contribution in [2.75, 3.05) is 26.9 Å². The van der Waals surface area contributed by atoms with E-state index in [1.54, 1.807) is 13.2 Å². The zero-order valence-corrected chi connectivity index (χ0v) is 18.0. The molecule has 148 valence electrons. The van der Waals surface area contributed by atoms with Crippen LogP contribution in [0.3, 0.4) is 0 Å². The molecule has 2 aromatic rings. The van der Waals surface area contributed by atoms with Crippen molar-refractivity contribution in [1.29, 1.82) is 0 Å². The van der Waals surface area contributed by atoms with Crippen molar-refractivity contribution in [3.63, 3.8) is 0 Å². The normalized spacial score (nSPS) is 10.9. The monoisotopic (exact) mass is 487 g/mol. The minimum Gasteiger partial charge on any atom is -0.491 e. The molecule has 0 saturated carbocycles. The molecule has 2 aromatic carbocycles. The first kappa shape index (κ1) is 23.2. The summed E-state index contributed by atoms with van der Waals surface area (Å²) in [5, 5.41) is 6.47. The summed E-state index contributed by atoms with van der Waals surface area (Å²) in [6.07, 6.45) is 0. The maximum absolute atomic E-state index is 13.2. The van der Waals surface area contributed by atoms with Crippen LogP contribution in [0.5, 0.6) is 5.75 Å². The summed E-state index contributed by atoms with van der Waals surface area (Å²) < 4.78 is 23.8. The van der Waals surface area contributed by atoms with Crippen LogP contribution in [-0.4, -0.2) is 32.8 Å². The van der Waals surface area contributed by atoms with Crippen molar-refractivity contribution in [3.8, 4) is 5.75 Å². The molecular weight excluding hydrogens is 460 g/mol. The second-order valence-corrected chi connectivity index (χ2v) is 5.66. The SMILES string of the molecule is CCNC(=NCc1cccc(F)c1)NCc1ccc(OCCOC)cc1.I. The standard InChI is InChI=1S/C20H26FN3O2.HI/c1-3-22-20(24-15-17-5-4-6-18(21)13-17)23-14-16-7-9-19(10-8-16)26-12-11-25-2;/h4-10,13H,3,11-12,14-15H2,1-2H3,(H2,22,23,24);1H. The molecule has 0 aromatic heterocycles. The molecule has 2 rings (SSSR count). The van der Waals surface area contributed by atoms with Gasteiger partial charge in [0.1, 0.15) is 18.2 Å². The van der Waals surface area contributed by atoms with E-state index in [9.17, 15) is 4.39 Å². The first-order chi connectivity index (χ1) is 12.7. The summed E-state index contributed by atoms with van der Waals surface area (Å²) in [5.41, 5.74) is 1.94. The van der Waals surface area contributed by atoms with Crippen molar-refractivity contribution in [2.45, 2.75) is 20.0 Å². The van der Waals surface area contributed by atoms with Crippen LogP contribution in [0.1, 0.15) is 18.1 Å². The molecular formula is C20H27FIN3O2. The van der Waals surface area contributed by atoms with E-state index in [1.807, 2.05) is 37.3 Å². The fraction of sp³-hybridized carbons (Fsp3) is 0.350. The average molecular weight is 487 g/mol. The van der Waals surface area contributed by atoms with Gasteiger partial charge >= 0.3 is 0 Å². The Morgan fingerprint density at radius 2 is 1.81 bits per heavy atom. The highest BCUT2D eigenvalue weighted by Gasteiger charge is 2.01. The van der Waals surface area contributed by atoms with E-state index in [1.165, 1.54) is 12.1 Å². The largest absolute Gasteiger partial charge is 0.491 e. The third-order valence-electron chi connectivity index (χ3n) is 3.59. The number of aliphatic imine (C=N–C) groups is 1. The summed E-state index contributed by atoms with van der Waals surface area (Å²) in [4.78, 5) is 4.50. The van der Waals surface area contributed by atoms with Gasteiger partial charge < -0.3 is 20.1 Å². The van der Waals surface area contributed by atoms with Crippen molar-refractivity contribution >= 4 is 29.9 Å². The van der Waals surface area contributed by atoms with E-state index in [2.05, 4.69) is 15.6 Å². The van der Waals surface area contributed by atoms with E-state index < -0.39 is 0 Å². The number of guanidine groups is 1. The van der Waals surface area contributed by atoms with Gasteiger partial charge in [-0.25, -0.2) is 9.38 Å². The van der Waals surface area contributed by atoms with Crippen LogP contribution in [0.15, 0.2) is 53.5 Å². The zero-order valence-electron chi connectivity index (χ0n) is 15.7. The van der Waals surface area contributed by atoms with Crippen LogP contribution >= 0.6 is 24.0 Å². The summed E-state index contributed by atoms with van der Waals surface area (Å²) in [6.45, 7) is 4.90. The number of rotatable bonds is 9. The van der Waals surface area contributed by atoms with Crippen LogP contribution in [0, 0.1) is 5.82 Å². The van der Waals surface area contributed by atoms with Crippen LogP contribution in [0.25, 0.3) is 0 Å². The highest BCUT2D eigenvalue weighted by atomic mass is 127. The van der Waals surface area contributed by atoms with Gasteiger partial charge in [-0.15, -0.1) is 24.0 Å². The van der Waals surface area contributed by atoms with Gasteiger partial charge in [-0.3, -0.25) is 0 Å². The molecule has 0 radical (unpaired) electrons. The Hall–Kier alpha value is -1.87. The molecule has 5 nitrogen and oxygen atoms in total. The number of nitrogens with zero attached hydrogens (tertiary/aromatic N) is 1. The Morgan fingerprint density at radius 3 is 2.48 bits per heavy atom. The van der Waals surface area contributed by atoms with Gasteiger partial charge in [-0.2, -0.15) is 0 Å². The van der Waals surface area contributed by atoms with E-state index in [0.717, 1.165) is 23.4 Å². The molecule has 0 aliphatic carbocycles. The number of nitrogens with one attached hydrogen (secondary N) is 2. The van der Waals surface area contributed by atoms with E-state index in [4.69, 9.17) is 9.47 Å². The Kier molecular flexibility index (Phi) is 11.4. The Morgan fingerprint density at radius 1 is 1.04 bits per heavy atom. The zero-order chi connectivity index (χ0) is 18.6. The maximum Gasteiger partial charge on any atom is 0.191 e. The van der Waals surface area contributed by atoms with E-state index in [-0.39, 0.29) is 29.8 Å². The number of methoxy groups -OCH3 is 1. The van der Waals surface area contributed by atoms with Crippen LogP contribution in [0.4, 0.5) is 4.39 Å². The third kappa shape index (κ3) is 9.05. The Bertz CT molecular complexity index is 696. The second-order valence-electron chi connectivity index (χ2n) is 5.66. The minimum absolute atomic E-state index is 0. The van der Waals surface area contributed by atoms with Crippen molar-refractivity contribution in [2.24, 2.45) is 4.99 Å². The fourth-order valence-electron chi connectivity index (χ4n) is 2.28. The van der Waals surface area contributed by atoms with Gasteiger partial charge in [-0.1, -0.05) is 24.3 Å². The van der Waals surface area contributed by atoms with Gasteiger partial charge in [-0.05, 0) is 42.3 Å². The molecule has 2 N–H and O–H groups in total. The average Bonchev–Trinajstić information content (AvgIpc) is 2.65. The molecule has 0 saturated heterocycles. The van der Waals surface area contributed by atoms with E-state index in [0.29, 0.717) is 32.3 Å². The predicted molar refractivity (Wildman–Crippen MR) is 117 cm³/mol. The predicted octanol–water partition coefficient (Wildman–Crippen LogP) is 3.72. The van der Waals surface area contributed by atoms with Crippen molar-refractivity contribution < 1.29 is 13.9 Å². The highest BCUT2D eigenvalue weighted by molar-refractivity contribution is 14.0. The highest BCUT2D eigenvalue weighted by Crippen LogP contribution is 2.12. The van der Waals surface area contributed by atoms with E-state index >= 15 is 0 Å². The number of hydrogen-bond donors (Lipinski definition) is 2. The fourth-order valence-corrected chi connectivity index (χ4v) is 2.28. The summed E-state index contributed by atoms with van der Waals surface area (Å²) in [7, 11) is 1.65. The molecule has 0 amide bonds. The molecule has 0 atom stereocenters. The van der Waals surface area contributed by atoms with Gasteiger partial charge in [0.25, 0.3) is 0 Å². The maximum atomic E-state index is 13.2. The first-order valence-corrected chi connectivity index (χ1v) is 8.68. The lowest BCUT2D eigenvalue weighted by molar-refractivity contribution is 0.146. The third-order valence-corrected chi connectivity index (χ3v) is 3.59. The summed E-state index contributed by atoms with van der Waals surface area (Å²) >= 11 is 0. The van der Waals surface area contributed by atoms with Gasteiger partial charge in [0.15, 0.2) is 5.96 Å². The quantitative estimate of drug-likeness (QED) is 0.245. The van der Waals surface area contributed by atoms with Crippen LogP contribution < -0.4 is 15.4 Å². The minimum atomic E-state index is -0.247. The molecule has 0 bridgehead atoms. The van der Waals surface area contributed by atoms with Gasteiger partial charge in [0, 0.05) is 20.2 Å². The lowest BCUT2D eigenvalue weighted by atomic mass is 10.2. The summed E-state index contributed by atoms with van der Waals surface area (Å²) in [5.74, 6) is 1.26. The number of benzene rings is 2. The smallest absolute Gasteiger partial charge is 0.191 e. The molecule has 0 aliphatic rings. The molecule has 7 heteroatoms. The van der Waals surface area contributed by atoms with Crippen molar-refractivity contribution in [1.82, 2.24) is 10.6 Å². The molecule has 0 aliphatic heterocycles. The van der Waals surface area contributed by atoms with Gasteiger partial charge in [0.2, 0.25) is 0 Å². The molecule has 0 fully saturated rings. The number of ether oxygens (including phenoxy) is 2. The molecule has 0 spiro atoms. The second kappa shape index (κ2) is 13.3. The van der Waals surface area contributed by atoms with Crippen LogP contribution in [0.2, 0.25) is 0 Å². The molecule has 0 heterocycles. The topological polar surface area (TPSA) is 54.9 Å². The number of halogens is 2. The number of hydrogen-bond acceptors (Lipinski definition) is 3. The van der Waals surface area contributed by atoms with Crippen LogP contribution in [-0.2, 0) is 17.8 Å².